The first-order chi connectivity index (χ1) is 8.56. The SMILES string of the molecule is CCn1ncc(Br)c1C(N)c1cccc(C)c1I. The van der Waals surface area contributed by atoms with E-state index in [0.717, 1.165) is 22.3 Å². The monoisotopic (exact) mass is 419 g/mol. The van der Waals surface area contributed by atoms with E-state index in [1.54, 1.807) is 6.20 Å². The van der Waals surface area contributed by atoms with Crippen LogP contribution in [0, 0.1) is 10.5 Å². The molecule has 0 fully saturated rings. The summed E-state index contributed by atoms with van der Waals surface area (Å²) in [6.07, 6.45) is 1.81. The summed E-state index contributed by atoms with van der Waals surface area (Å²) in [5.74, 6) is 0. The number of aryl methyl sites for hydroxylation is 2. The highest BCUT2D eigenvalue weighted by molar-refractivity contribution is 14.1. The van der Waals surface area contributed by atoms with E-state index in [-0.39, 0.29) is 6.04 Å². The standard InChI is InChI=1S/C13H15BrIN3/c1-3-18-13(10(14)7-17-18)12(16)9-6-4-5-8(2)11(9)15/h4-7,12H,3,16H2,1-2H3. The molecule has 18 heavy (non-hydrogen) atoms. The second-order valence-corrected chi connectivity index (χ2v) is 6.08. The molecule has 0 bridgehead atoms. The largest absolute Gasteiger partial charge is 0.319 e. The van der Waals surface area contributed by atoms with E-state index in [4.69, 9.17) is 5.73 Å². The lowest BCUT2D eigenvalue weighted by Gasteiger charge is -2.17. The molecule has 1 atom stereocenters. The molecule has 0 aliphatic heterocycles. The average Bonchev–Trinajstić information content (AvgIpc) is 2.73. The predicted molar refractivity (Wildman–Crippen MR) is 85.5 cm³/mol. The van der Waals surface area contributed by atoms with Gasteiger partial charge in [0.15, 0.2) is 0 Å². The maximum atomic E-state index is 6.41. The second kappa shape index (κ2) is 5.71. The third-order valence-corrected chi connectivity index (χ3v) is 5.07. The van der Waals surface area contributed by atoms with Gasteiger partial charge in [-0.05, 0) is 63.5 Å². The molecule has 0 aliphatic rings. The first kappa shape index (κ1) is 14.0. The first-order valence-corrected chi connectivity index (χ1v) is 7.65. The molecular weight excluding hydrogens is 405 g/mol. The summed E-state index contributed by atoms with van der Waals surface area (Å²) in [5, 5.41) is 4.32. The number of nitrogens with two attached hydrogens (primary N) is 1. The minimum atomic E-state index is -0.159. The molecule has 0 spiro atoms. The number of halogens is 2. The normalized spacial score (nSPS) is 12.7. The fourth-order valence-corrected chi connectivity index (χ4v) is 3.23. The minimum absolute atomic E-state index is 0.159. The summed E-state index contributed by atoms with van der Waals surface area (Å²) in [7, 11) is 0. The van der Waals surface area contributed by atoms with E-state index >= 15 is 0 Å². The Balaban J connectivity index is 2.51. The van der Waals surface area contributed by atoms with Gasteiger partial charge in [0, 0.05) is 10.1 Å². The zero-order valence-corrected chi connectivity index (χ0v) is 14.1. The third kappa shape index (κ3) is 2.48. The Hall–Kier alpha value is -0.400. The van der Waals surface area contributed by atoms with Crippen LogP contribution in [0.3, 0.4) is 0 Å². The minimum Gasteiger partial charge on any atom is -0.319 e. The van der Waals surface area contributed by atoms with Crippen molar-refractivity contribution in [1.82, 2.24) is 9.78 Å². The van der Waals surface area contributed by atoms with E-state index in [2.05, 4.69) is 69.6 Å². The van der Waals surface area contributed by atoms with Crippen LogP contribution in [0.2, 0.25) is 0 Å². The highest BCUT2D eigenvalue weighted by atomic mass is 127. The van der Waals surface area contributed by atoms with Gasteiger partial charge in [-0.25, -0.2) is 0 Å². The average molecular weight is 420 g/mol. The Morgan fingerprint density at radius 1 is 1.50 bits per heavy atom. The molecule has 2 aromatic rings. The first-order valence-electron chi connectivity index (χ1n) is 5.78. The van der Waals surface area contributed by atoms with Crippen LogP contribution in [0.15, 0.2) is 28.9 Å². The van der Waals surface area contributed by atoms with Crippen LogP contribution < -0.4 is 5.73 Å². The van der Waals surface area contributed by atoms with Gasteiger partial charge in [0.05, 0.1) is 22.4 Å². The maximum Gasteiger partial charge on any atom is 0.0745 e. The van der Waals surface area contributed by atoms with Gasteiger partial charge >= 0.3 is 0 Å². The summed E-state index contributed by atoms with van der Waals surface area (Å²) in [4.78, 5) is 0. The Morgan fingerprint density at radius 2 is 2.22 bits per heavy atom. The zero-order valence-electron chi connectivity index (χ0n) is 10.3. The third-order valence-electron chi connectivity index (χ3n) is 2.98. The van der Waals surface area contributed by atoms with Gasteiger partial charge in [-0.1, -0.05) is 18.2 Å². The summed E-state index contributed by atoms with van der Waals surface area (Å²) >= 11 is 5.89. The molecule has 0 saturated carbocycles. The molecule has 2 N–H and O–H groups in total. The Kier molecular flexibility index (Phi) is 4.45. The van der Waals surface area contributed by atoms with Gasteiger partial charge in [-0.15, -0.1) is 0 Å². The lowest BCUT2D eigenvalue weighted by molar-refractivity contribution is 0.599. The van der Waals surface area contributed by atoms with Crippen molar-refractivity contribution < 1.29 is 0 Å². The molecule has 0 saturated heterocycles. The topological polar surface area (TPSA) is 43.8 Å². The highest BCUT2D eigenvalue weighted by Crippen LogP contribution is 2.30. The lowest BCUT2D eigenvalue weighted by atomic mass is 10.0. The van der Waals surface area contributed by atoms with Crippen molar-refractivity contribution in [2.45, 2.75) is 26.4 Å². The molecule has 1 aromatic heterocycles. The van der Waals surface area contributed by atoms with Crippen LogP contribution in [-0.2, 0) is 6.54 Å². The van der Waals surface area contributed by atoms with Crippen molar-refractivity contribution in [2.75, 3.05) is 0 Å². The zero-order chi connectivity index (χ0) is 13.3. The van der Waals surface area contributed by atoms with E-state index < -0.39 is 0 Å². The molecule has 3 nitrogen and oxygen atoms in total. The quantitative estimate of drug-likeness (QED) is 0.772. The van der Waals surface area contributed by atoms with E-state index in [0.29, 0.717) is 0 Å². The van der Waals surface area contributed by atoms with Crippen LogP contribution in [0.1, 0.15) is 29.8 Å². The molecular formula is C13H15BrIN3. The molecule has 0 radical (unpaired) electrons. The molecule has 0 aliphatic carbocycles. The van der Waals surface area contributed by atoms with Gasteiger partial charge in [-0.2, -0.15) is 5.10 Å². The summed E-state index contributed by atoms with van der Waals surface area (Å²) in [6, 6.07) is 6.07. The molecule has 1 aromatic carbocycles. The van der Waals surface area contributed by atoms with Crippen molar-refractivity contribution in [2.24, 2.45) is 5.73 Å². The second-order valence-electron chi connectivity index (χ2n) is 4.15. The van der Waals surface area contributed by atoms with Gasteiger partial charge in [0.25, 0.3) is 0 Å². The fourth-order valence-electron chi connectivity index (χ4n) is 1.99. The van der Waals surface area contributed by atoms with Crippen molar-refractivity contribution in [1.29, 1.82) is 0 Å². The smallest absolute Gasteiger partial charge is 0.0745 e. The maximum absolute atomic E-state index is 6.41. The van der Waals surface area contributed by atoms with Crippen molar-refractivity contribution >= 4 is 38.5 Å². The lowest BCUT2D eigenvalue weighted by Crippen LogP contribution is -2.19. The molecule has 2 rings (SSSR count). The van der Waals surface area contributed by atoms with Crippen molar-refractivity contribution in [3.63, 3.8) is 0 Å². The number of hydrogen-bond donors (Lipinski definition) is 1. The number of nitrogens with zero attached hydrogens (tertiary/aromatic N) is 2. The van der Waals surface area contributed by atoms with E-state index in [9.17, 15) is 0 Å². The highest BCUT2D eigenvalue weighted by Gasteiger charge is 2.20. The predicted octanol–water partition coefficient (Wildman–Crippen LogP) is 3.63. The van der Waals surface area contributed by atoms with Crippen LogP contribution >= 0.6 is 38.5 Å². The summed E-state index contributed by atoms with van der Waals surface area (Å²) < 4.78 is 4.13. The van der Waals surface area contributed by atoms with Crippen molar-refractivity contribution in [3.05, 3.63) is 49.3 Å². The van der Waals surface area contributed by atoms with Crippen LogP contribution in [-0.4, -0.2) is 9.78 Å². The molecule has 0 amide bonds. The van der Waals surface area contributed by atoms with Gasteiger partial charge in [-0.3, -0.25) is 4.68 Å². The summed E-state index contributed by atoms with van der Waals surface area (Å²) in [6.45, 7) is 4.98. The Bertz CT molecular complexity index is 565. The Labute approximate surface area is 129 Å². The van der Waals surface area contributed by atoms with Crippen LogP contribution in [0.25, 0.3) is 0 Å². The van der Waals surface area contributed by atoms with Crippen LogP contribution in [0.5, 0.6) is 0 Å². The fraction of sp³-hybridized carbons (Fsp3) is 0.308. The number of rotatable bonds is 3. The Morgan fingerprint density at radius 3 is 2.89 bits per heavy atom. The molecule has 5 heteroatoms. The van der Waals surface area contributed by atoms with Crippen LogP contribution in [0.4, 0.5) is 0 Å². The van der Waals surface area contributed by atoms with Gasteiger partial charge in [0.1, 0.15) is 0 Å². The number of benzene rings is 1. The van der Waals surface area contributed by atoms with E-state index in [1.807, 2.05) is 10.7 Å². The summed E-state index contributed by atoms with van der Waals surface area (Å²) in [5.41, 5.74) is 9.84. The molecule has 1 unspecified atom stereocenters. The number of aromatic nitrogens is 2. The van der Waals surface area contributed by atoms with Gasteiger partial charge < -0.3 is 5.73 Å². The molecule has 96 valence electrons. The number of hydrogen-bond acceptors (Lipinski definition) is 2. The van der Waals surface area contributed by atoms with E-state index in [1.165, 1.54) is 9.13 Å². The van der Waals surface area contributed by atoms with Crippen molar-refractivity contribution in [3.8, 4) is 0 Å². The molecule has 1 heterocycles. The van der Waals surface area contributed by atoms with Gasteiger partial charge in [0.2, 0.25) is 0 Å².